The number of aromatic nitrogens is 1. The van der Waals surface area contributed by atoms with Crippen LogP contribution in [0.1, 0.15) is 22.3 Å². The first-order valence-corrected chi connectivity index (χ1v) is 13.2. The number of fused-ring (bicyclic) bond motifs is 2. The largest absolute Gasteiger partial charge is 0.495 e. The van der Waals surface area contributed by atoms with Crippen LogP contribution < -0.4 is 19.9 Å². The predicted molar refractivity (Wildman–Crippen MR) is 152 cm³/mol. The Balaban J connectivity index is 1.37. The average molecular weight is 512 g/mol. The van der Waals surface area contributed by atoms with Crippen molar-refractivity contribution in [3.8, 4) is 17.1 Å². The molecule has 1 aromatic heterocycles. The molecule has 0 radical (unpaired) electrons. The number of carbonyl (C=O) groups is 1. The Morgan fingerprint density at radius 1 is 0.974 bits per heavy atom. The van der Waals surface area contributed by atoms with Crippen molar-refractivity contribution < 1.29 is 14.1 Å². The second-order valence-electron chi connectivity index (χ2n) is 10.2. The Morgan fingerprint density at radius 2 is 1.66 bits per heavy atom. The molecule has 196 valence electrons. The van der Waals surface area contributed by atoms with Crippen molar-refractivity contribution in [1.29, 1.82) is 0 Å². The van der Waals surface area contributed by atoms with Crippen LogP contribution in [0, 0.1) is 0 Å². The van der Waals surface area contributed by atoms with Crippen LogP contribution in [0.15, 0.2) is 59.1 Å². The molecule has 0 spiro atoms. The molecule has 0 amide bonds. The van der Waals surface area contributed by atoms with Crippen LogP contribution in [-0.2, 0) is 0 Å². The molecule has 3 aromatic carbocycles. The van der Waals surface area contributed by atoms with Crippen molar-refractivity contribution in [2.45, 2.75) is 6.42 Å². The van der Waals surface area contributed by atoms with Crippen molar-refractivity contribution in [3.05, 3.63) is 65.7 Å². The van der Waals surface area contributed by atoms with E-state index >= 15 is 0 Å². The van der Waals surface area contributed by atoms with Crippen molar-refractivity contribution in [1.82, 2.24) is 10.1 Å². The van der Waals surface area contributed by atoms with Crippen LogP contribution in [0.2, 0.25) is 0 Å². The van der Waals surface area contributed by atoms with E-state index in [2.05, 4.69) is 51.4 Å². The van der Waals surface area contributed by atoms with Gasteiger partial charge in [0.1, 0.15) is 11.3 Å². The lowest BCUT2D eigenvalue weighted by Gasteiger charge is -2.38. The number of carbonyl (C=O) groups excluding carboxylic acids is 1. The molecule has 0 atom stereocenters. The molecule has 1 aliphatic heterocycles. The van der Waals surface area contributed by atoms with Crippen LogP contribution in [0.3, 0.4) is 0 Å². The third-order valence-corrected chi connectivity index (χ3v) is 7.52. The summed E-state index contributed by atoms with van der Waals surface area (Å²) < 4.78 is 11.5. The van der Waals surface area contributed by atoms with Gasteiger partial charge in [0.15, 0.2) is 11.5 Å². The van der Waals surface area contributed by atoms with Crippen LogP contribution in [0.5, 0.6) is 5.75 Å². The summed E-state index contributed by atoms with van der Waals surface area (Å²) in [5.41, 5.74) is 5.84. The predicted octanol–water partition coefficient (Wildman–Crippen LogP) is 4.74. The number of piperazine rings is 1. The molecule has 2 heterocycles. The first kappa shape index (κ1) is 24.3. The number of nitrogens with one attached hydrogen (secondary N) is 1. The van der Waals surface area contributed by atoms with Gasteiger partial charge >= 0.3 is 0 Å². The van der Waals surface area contributed by atoms with Gasteiger partial charge in [-0.25, -0.2) is 0 Å². The molecule has 8 nitrogen and oxygen atoms in total. The van der Waals surface area contributed by atoms with Crippen LogP contribution in [0.25, 0.3) is 22.2 Å². The van der Waals surface area contributed by atoms with Gasteiger partial charge in [-0.2, -0.15) is 0 Å². The van der Waals surface area contributed by atoms with E-state index in [9.17, 15) is 4.79 Å². The zero-order valence-electron chi connectivity index (χ0n) is 22.2. The van der Waals surface area contributed by atoms with Gasteiger partial charge in [0.05, 0.1) is 29.4 Å². The average Bonchev–Trinajstić information content (AvgIpc) is 3.39. The van der Waals surface area contributed by atoms with E-state index in [4.69, 9.17) is 9.26 Å². The molecule has 4 aromatic rings. The minimum absolute atomic E-state index is 0.0175. The Hall–Kier alpha value is -4.04. The number of nitrogens with zero attached hydrogens (tertiary/aromatic N) is 4. The summed E-state index contributed by atoms with van der Waals surface area (Å²) in [5, 5.41) is 8.92. The first-order chi connectivity index (χ1) is 18.6. The lowest BCUT2D eigenvalue weighted by molar-refractivity contribution is 0.104. The second kappa shape index (κ2) is 10.0. The number of para-hydroxylation sites is 2. The molecular formula is C30H33N5O3. The van der Waals surface area contributed by atoms with Gasteiger partial charge in [-0.05, 0) is 45.3 Å². The van der Waals surface area contributed by atoms with Crippen molar-refractivity contribution in [3.63, 3.8) is 0 Å². The highest BCUT2D eigenvalue weighted by Gasteiger charge is 2.34. The zero-order chi connectivity index (χ0) is 26.2. The number of methoxy groups -OCH3 is 1. The third kappa shape index (κ3) is 4.15. The number of hydrogen-bond donors (Lipinski definition) is 1. The quantitative estimate of drug-likeness (QED) is 0.300. The molecule has 1 aliphatic carbocycles. The lowest BCUT2D eigenvalue weighted by atomic mass is 9.86. The highest BCUT2D eigenvalue weighted by molar-refractivity contribution is 6.28. The minimum atomic E-state index is 0.0175. The number of anilines is 3. The Labute approximate surface area is 222 Å². The second-order valence-corrected chi connectivity index (χ2v) is 10.2. The number of rotatable bonds is 8. The third-order valence-electron chi connectivity index (χ3n) is 7.52. The van der Waals surface area contributed by atoms with Crippen LogP contribution >= 0.6 is 0 Å². The van der Waals surface area contributed by atoms with Crippen molar-refractivity contribution >= 4 is 33.7 Å². The maximum absolute atomic E-state index is 13.8. The van der Waals surface area contributed by atoms with Crippen molar-refractivity contribution in [2.24, 2.45) is 0 Å². The summed E-state index contributed by atoms with van der Waals surface area (Å²) in [6.07, 6.45) is 0.971. The Morgan fingerprint density at radius 3 is 2.39 bits per heavy atom. The molecule has 0 bridgehead atoms. The molecule has 0 unspecified atom stereocenters. The van der Waals surface area contributed by atoms with Gasteiger partial charge in [0.25, 0.3) is 0 Å². The summed E-state index contributed by atoms with van der Waals surface area (Å²) >= 11 is 0. The SMILES string of the molecule is COc1ccccc1N1CCN(c2cc(NCCCN(C)C)c3c4c(onc24)-c2ccccc2C3=O)CC1. The molecule has 0 saturated carbocycles. The molecule has 1 saturated heterocycles. The summed E-state index contributed by atoms with van der Waals surface area (Å²) in [4.78, 5) is 20.6. The van der Waals surface area contributed by atoms with Gasteiger partial charge in [-0.1, -0.05) is 41.6 Å². The van der Waals surface area contributed by atoms with E-state index in [0.29, 0.717) is 16.9 Å². The lowest BCUT2D eigenvalue weighted by Crippen LogP contribution is -2.46. The minimum Gasteiger partial charge on any atom is -0.495 e. The summed E-state index contributed by atoms with van der Waals surface area (Å²) in [5.74, 6) is 1.58. The fourth-order valence-corrected chi connectivity index (χ4v) is 5.62. The maximum atomic E-state index is 13.8. The first-order valence-electron chi connectivity index (χ1n) is 13.2. The number of ether oxygens (including phenoxy) is 1. The highest BCUT2D eigenvalue weighted by Crippen LogP contribution is 2.46. The molecule has 1 fully saturated rings. The molecule has 1 N–H and O–H groups in total. The standard InChI is InChI=1S/C30H33N5O3/c1-33(2)14-8-13-31-22-19-24(35-17-15-34(16-18-35)23-11-6-7-12-25(23)37-3)28-27-26(22)29(36)20-9-4-5-10-21(20)30(27)38-32-28/h4-7,9-12,19,31H,8,13-18H2,1-3H3. The van der Waals surface area contributed by atoms with Gasteiger partial charge in [-0.15, -0.1) is 0 Å². The van der Waals surface area contributed by atoms with Gasteiger partial charge in [0.2, 0.25) is 0 Å². The fourth-order valence-electron chi connectivity index (χ4n) is 5.62. The van der Waals surface area contributed by atoms with Gasteiger partial charge < -0.3 is 29.3 Å². The molecule has 8 heteroatoms. The highest BCUT2D eigenvalue weighted by atomic mass is 16.5. The van der Waals surface area contributed by atoms with E-state index < -0.39 is 0 Å². The molecule has 2 aliphatic rings. The van der Waals surface area contributed by atoms with E-state index in [1.54, 1.807) is 7.11 Å². The Kier molecular flexibility index (Phi) is 6.41. The number of ketones is 1. The topological polar surface area (TPSA) is 74.1 Å². The summed E-state index contributed by atoms with van der Waals surface area (Å²) in [7, 11) is 5.86. The van der Waals surface area contributed by atoms with E-state index in [-0.39, 0.29) is 5.78 Å². The fraction of sp³-hybridized carbons (Fsp3) is 0.333. The normalized spacial score (nSPS) is 14.8. The molecule has 6 rings (SSSR count). The number of benzene rings is 3. The smallest absolute Gasteiger partial charge is 0.196 e. The monoisotopic (exact) mass is 511 g/mol. The van der Waals surface area contributed by atoms with Crippen LogP contribution in [-0.4, -0.2) is 76.3 Å². The van der Waals surface area contributed by atoms with E-state index in [1.807, 2.05) is 42.5 Å². The molecule has 38 heavy (non-hydrogen) atoms. The maximum Gasteiger partial charge on any atom is 0.196 e. The summed E-state index contributed by atoms with van der Waals surface area (Å²) in [6.45, 7) is 5.08. The van der Waals surface area contributed by atoms with Gasteiger partial charge in [0, 0.05) is 49.5 Å². The Bertz CT molecular complexity index is 1490. The van der Waals surface area contributed by atoms with E-state index in [1.165, 1.54) is 0 Å². The van der Waals surface area contributed by atoms with Crippen molar-refractivity contribution in [2.75, 3.05) is 75.6 Å². The van der Waals surface area contributed by atoms with Crippen LogP contribution in [0.4, 0.5) is 17.1 Å². The summed E-state index contributed by atoms with van der Waals surface area (Å²) in [6, 6.07) is 17.9. The van der Waals surface area contributed by atoms with Gasteiger partial charge in [-0.3, -0.25) is 4.79 Å². The molecular weight excluding hydrogens is 478 g/mol. The zero-order valence-corrected chi connectivity index (χ0v) is 22.2. The van der Waals surface area contributed by atoms with E-state index in [0.717, 1.165) is 85.0 Å². The number of hydrogen-bond acceptors (Lipinski definition) is 8.